The second-order valence-corrected chi connectivity index (χ2v) is 7.05. The smallest absolute Gasteiger partial charge is 0.407 e. The molecule has 1 amide bonds. The summed E-state index contributed by atoms with van der Waals surface area (Å²) in [5, 5.41) is 15.6. The van der Waals surface area contributed by atoms with Crippen LogP contribution in [0.5, 0.6) is 0 Å². The van der Waals surface area contributed by atoms with Gasteiger partial charge >= 0.3 is 6.09 Å². The molecule has 0 heterocycles. The number of ether oxygens (including phenoxy) is 1. The minimum Gasteiger partial charge on any atom is -0.444 e. The number of amides is 1. The van der Waals surface area contributed by atoms with E-state index in [0.29, 0.717) is 6.04 Å². The number of nitrogens with one attached hydrogen (secondary N) is 2. The van der Waals surface area contributed by atoms with Crippen molar-refractivity contribution in [1.29, 1.82) is 0 Å². The number of aliphatic hydroxyl groups excluding tert-OH is 1. The number of rotatable bonds is 5. The largest absolute Gasteiger partial charge is 0.444 e. The minimum absolute atomic E-state index is 0.156. The molecule has 110 valence electrons. The van der Waals surface area contributed by atoms with Crippen molar-refractivity contribution >= 4 is 6.09 Å². The molecule has 5 nitrogen and oxygen atoms in total. The second kappa shape index (κ2) is 5.29. The lowest BCUT2D eigenvalue weighted by Gasteiger charge is -2.37. The Morgan fingerprint density at radius 2 is 1.95 bits per heavy atom. The van der Waals surface area contributed by atoms with Crippen molar-refractivity contribution in [3.05, 3.63) is 0 Å². The Morgan fingerprint density at radius 1 is 1.32 bits per heavy atom. The molecule has 2 rings (SSSR count). The molecule has 0 bridgehead atoms. The molecule has 0 aromatic rings. The summed E-state index contributed by atoms with van der Waals surface area (Å²) in [7, 11) is 0. The van der Waals surface area contributed by atoms with Crippen molar-refractivity contribution in [2.45, 2.75) is 64.1 Å². The summed E-state index contributed by atoms with van der Waals surface area (Å²) < 4.78 is 5.22. The van der Waals surface area contributed by atoms with E-state index in [2.05, 4.69) is 10.6 Å². The van der Waals surface area contributed by atoms with Gasteiger partial charge in [0.25, 0.3) is 0 Å². The zero-order valence-electron chi connectivity index (χ0n) is 12.2. The maximum Gasteiger partial charge on any atom is 0.407 e. The molecule has 2 fully saturated rings. The summed E-state index contributed by atoms with van der Waals surface area (Å²) in [6.45, 7) is 6.77. The van der Waals surface area contributed by atoms with E-state index in [4.69, 9.17) is 4.74 Å². The first-order chi connectivity index (χ1) is 8.82. The topological polar surface area (TPSA) is 70.6 Å². The highest BCUT2D eigenvalue weighted by atomic mass is 16.6. The number of aliphatic hydroxyl groups is 1. The first-order valence-electron chi connectivity index (χ1n) is 7.16. The van der Waals surface area contributed by atoms with E-state index >= 15 is 0 Å². The predicted octanol–water partition coefficient (Wildman–Crippen LogP) is 1.40. The van der Waals surface area contributed by atoms with Crippen LogP contribution < -0.4 is 10.6 Å². The number of carbonyl (C=O) groups excluding carboxylic acids is 1. The highest BCUT2D eigenvalue weighted by Gasteiger charge is 2.43. The van der Waals surface area contributed by atoms with Crippen LogP contribution in [0.15, 0.2) is 0 Å². The Hall–Kier alpha value is -0.810. The van der Waals surface area contributed by atoms with E-state index in [1.165, 1.54) is 0 Å². The average molecular weight is 270 g/mol. The molecule has 0 atom stereocenters. The number of hydrogen-bond donors (Lipinski definition) is 3. The lowest BCUT2D eigenvalue weighted by Crippen LogP contribution is -2.54. The third-order valence-corrected chi connectivity index (χ3v) is 3.92. The Balaban J connectivity index is 1.57. The lowest BCUT2D eigenvalue weighted by atomic mass is 9.86. The van der Waals surface area contributed by atoms with Crippen molar-refractivity contribution in [3.63, 3.8) is 0 Å². The van der Waals surface area contributed by atoms with Gasteiger partial charge in [0.2, 0.25) is 0 Å². The van der Waals surface area contributed by atoms with Crippen LogP contribution in [0.3, 0.4) is 0 Å². The molecule has 2 saturated carbocycles. The molecular weight excluding hydrogens is 244 g/mol. The molecule has 0 radical (unpaired) electrons. The maximum absolute atomic E-state index is 11.6. The zero-order valence-corrected chi connectivity index (χ0v) is 12.2. The van der Waals surface area contributed by atoms with Gasteiger partial charge in [0.05, 0.1) is 0 Å². The van der Waals surface area contributed by atoms with Gasteiger partial charge in [0, 0.05) is 30.7 Å². The number of hydrogen-bond acceptors (Lipinski definition) is 4. The van der Waals surface area contributed by atoms with E-state index in [1.807, 2.05) is 20.8 Å². The summed E-state index contributed by atoms with van der Waals surface area (Å²) in [5.41, 5.74) is -0.283. The maximum atomic E-state index is 11.6. The van der Waals surface area contributed by atoms with E-state index in [0.717, 1.165) is 32.2 Å². The van der Waals surface area contributed by atoms with E-state index < -0.39 is 5.60 Å². The fourth-order valence-corrected chi connectivity index (χ4v) is 2.31. The van der Waals surface area contributed by atoms with Crippen LogP contribution in [0.1, 0.15) is 46.5 Å². The van der Waals surface area contributed by atoms with Crippen LogP contribution in [0.2, 0.25) is 0 Å². The molecule has 0 spiro atoms. The highest BCUT2D eigenvalue weighted by molar-refractivity contribution is 5.68. The molecule has 2 aliphatic carbocycles. The molecule has 0 saturated heterocycles. The molecule has 5 heteroatoms. The monoisotopic (exact) mass is 270 g/mol. The number of alkyl carbamates (subject to hydrolysis) is 1. The first kappa shape index (κ1) is 14.6. The third-order valence-electron chi connectivity index (χ3n) is 3.92. The SMILES string of the molecule is CC(C)(C)OC(=O)NC1CC(NCC2(CO)CC2)C1. The normalized spacial score (nSPS) is 28.4. The van der Waals surface area contributed by atoms with Crippen LogP contribution in [0.4, 0.5) is 4.79 Å². The van der Waals surface area contributed by atoms with Crippen molar-refractivity contribution < 1.29 is 14.6 Å². The van der Waals surface area contributed by atoms with Crippen molar-refractivity contribution in [2.75, 3.05) is 13.2 Å². The van der Waals surface area contributed by atoms with E-state index in [9.17, 15) is 9.90 Å². The zero-order chi connectivity index (χ0) is 14.1. The lowest BCUT2D eigenvalue weighted by molar-refractivity contribution is 0.0463. The van der Waals surface area contributed by atoms with Crippen LogP contribution >= 0.6 is 0 Å². The van der Waals surface area contributed by atoms with Crippen LogP contribution in [-0.2, 0) is 4.74 Å². The third kappa shape index (κ3) is 4.35. The van der Waals surface area contributed by atoms with Gasteiger partial charge in [0.15, 0.2) is 0 Å². The van der Waals surface area contributed by atoms with Crippen LogP contribution in [-0.4, -0.2) is 42.0 Å². The summed E-state index contributed by atoms with van der Waals surface area (Å²) >= 11 is 0. The van der Waals surface area contributed by atoms with Gasteiger partial charge in [-0.25, -0.2) is 4.79 Å². The molecular formula is C14H26N2O3. The van der Waals surface area contributed by atoms with Gasteiger partial charge in [-0.05, 0) is 46.5 Å². The first-order valence-corrected chi connectivity index (χ1v) is 7.16. The summed E-state index contributed by atoms with van der Waals surface area (Å²) in [6.07, 6.45) is 3.82. The molecule has 2 aliphatic rings. The van der Waals surface area contributed by atoms with Crippen molar-refractivity contribution in [1.82, 2.24) is 10.6 Å². The molecule has 3 N–H and O–H groups in total. The van der Waals surface area contributed by atoms with Gasteiger partial charge in [-0.1, -0.05) is 0 Å². The minimum atomic E-state index is -0.440. The summed E-state index contributed by atoms with van der Waals surface area (Å²) in [4.78, 5) is 11.6. The van der Waals surface area contributed by atoms with E-state index in [1.54, 1.807) is 0 Å². The van der Waals surface area contributed by atoms with Gasteiger partial charge in [-0.3, -0.25) is 0 Å². The fraction of sp³-hybridized carbons (Fsp3) is 0.929. The summed E-state index contributed by atoms with van der Waals surface area (Å²) in [5.74, 6) is 0. The Labute approximate surface area is 115 Å². The molecule has 19 heavy (non-hydrogen) atoms. The van der Waals surface area contributed by atoms with Crippen LogP contribution in [0.25, 0.3) is 0 Å². The van der Waals surface area contributed by atoms with E-state index in [-0.39, 0.29) is 24.2 Å². The second-order valence-electron chi connectivity index (χ2n) is 7.05. The number of carbonyl (C=O) groups is 1. The fourth-order valence-electron chi connectivity index (χ4n) is 2.31. The molecule has 0 unspecified atom stereocenters. The van der Waals surface area contributed by atoms with Gasteiger partial charge in [0.1, 0.15) is 5.60 Å². The van der Waals surface area contributed by atoms with Gasteiger partial charge < -0.3 is 20.5 Å². The standard InChI is InChI=1S/C14H26N2O3/c1-13(2,3)19-12(18)16-11-6-10(7-11)15-8-14(9-17)4-5-14/h10-11,15,17H,4-9H2,1-3H3,(H,16,18). The average Bonchev–Trinajstić information content (AvgIpc) is 2.99. The highest BCUT2D eigenvalue weighted by Crippen LogP contribution is 2.44. The molecule has 0 aromatic carbocycles. The van der Waals surface area contributed by atoms with Crippen molar-refractivity contribution in [3.8, 4) is 0 Å². The van der Waals surface area contributed by atoms with Crippen molar-refractivity contribution in [2.24, 2.45) is 5.41 Å². The molecule has 0 aromatic heterocycles. The Kier molecular flexibility index (Phi) is 4.06. The van der Waals surface area contributed by atoms with Gasteiger partial charge in [-0.15, -0.1) is 0 Å². The molecule has 0 aliphatic heterocycles. The van der Waals surface area contributed by atoms with Crippen LogP contribution in [0, 0.1) is 5.41 Å². The predicted molar refractivity (Wildman–Crippen MR) is 72.9 cm³/mol. The quantitative estimate of drug-likeness (QED) is 0.706. The summed E-state index contributed by atoms with van der Waals surface area (Å²) in [6, 6.07) is 0.681. The Morgan fingerprint density at radius 3 is 2.42 bits per heavy atom. The van der Waals surface area contributed by atoms with Gasteiger partial charge in [-0.2, -0.15) is 0 Å². The Bertz CT molecular complexity index is 328.